The number of nitrogens with one attached hydrogen (secondary N) is 1. The SMILES string of the molecule is CC1CCCCN1c1cc(C(=N)N)c2ccccc2n1. The summed E-state index contributed by atoms with van der Waals surface area (Å²) >= 11 is 0. The van der Waals surface area contributed by atoms with Crippen molar-refractivity contribution < 1.29 is 0 Å². The number of amidine groups is 1. The quantitative estimate of drug-likeness (QED) is 0.650. The highest BCUT2D eigenvalue weighted by atomic mass is 15.2. The molecular formula is C16H20N4. The number of hydrogen-bond donors (Lipinski definition) is 2. The molecule has 3 rings (SSSR count). The Morgan fingerprint density at radius 2 is 2.15 bits per heavy atom. The van der Waals surface area contributed by atoms with E-state index in [4.69, 9.17) is 16.1 Å². The molecule has 1 aliphatic rings. The summed E-state index contributed by atoms with van der Waals surface area (Å²) in [5.41, 5.74) is 7.44. The second kappa shape index (κ2) is 5.12. The van der Waals surface area contributed by atoms with Gasteiger partial charge in [0.05, 0.1) is 5.52 Å². The molecule has 1 saturated heterocycles. The van der Waals surface area contributed by atoms with Crippen LogP contribution in [-0.2, 0) is 0 Å². The molecule has 0 saturated carbocycles. The number of rotatable bonds is 2. The first kappa shape index (κ1) is 12.9. The number of piperidine rings is 1. The Balaban J connectivity index is 2.14. The van der Waals surface area contributed by atoms with E-state index in [1.54, 1.807) is 0 Å². The van der Waals surface area contributed by atoms with Crippen LogP contribution in [0.5, 0.6) is 0 Å². The first-order chi connectivity index (χ1) is 9.66. The molecule has 0 spiro atoms. The van der Waals surface area contributed by atoms with Gasteiger partial charge in [-0.3, -0.25) is 5.41 Å². The number of hydrogen-bond acceptors (Lipinski definition) is 3. The summed E-state index contributed by atoms with van der Waals surface area (Å²) in [5, 5.41) is 8.76. The lowest BCUT2D eigenvalue weighted by Gasteiger charge is -2.34. The van der Waals surface area contributed by atoms with E-state index in [9.17, 15) is 0 Å². The molecule has 2 aromatic rings. The Labute approximate surface area is 119 Å². The largest absolute Gasteiger partial charge is 0.384 e. The molecule has 1 atom stereocenters. The van der Waals surface area contributed by atoms with Gasteiger partial charge in [-0.15, -0.1) is 0 Å². The summed E-state index contributed by atoms with van der Waals surface area (Å²) in [5.74, 6) is 1.05. The highest BCUT2D eigenvalue weighted by molar-refractivity contribution is 6.07. The number of benzene rings is 1. The molecule has 1 aromatic heterocycles. The zero-order valence-electron chi connectivity index (χ0n) is 11.8. The van der Waals surface area contributed by atoms with Crippen molar-refractivity contribution >= 4 is 22.6 Å². The van der Waals surface area contributed by atoms with Crippen LogP contribution in [0, 0.1) is 5.41 Å². The van der Waals surface area contributed by atoms with Crippen molar-refractivity contribution in [3.8, 4) is 0 Å². The fourth-order valence-corrected chi connectivity index (χ4v) is 2.97. The summed E-state index contributed by atoms with van der Waals surface area (Å²) < 4.78 is 0. The maximum absolute atomic E-state index is 7.81. The molecule has 1 aromatic carbocycles. The van der Waals surface area contributed by atoms with Crippen molar-refractivity contribution in [1.29, 1.82) is 5.41 Å². The predicted molar refractivity (Wildman–Crippen MR) is 83.4 cm³/mol. The highest BCUT2D eigenvalue weighted by Crippen LogP contribution is 2.27. The number of anilines is 1. The summed E-state index contributed by atoms with van der Waals surface area (Å²) in [4.78, 5) is 7.10. The Bertz CT molecular complexity index is 650. The van der Waals surface area contributed by atoms with Gasteiger partial charge in [-0.2, -0.15) is 0 Å². The first-order valence-electron chi connectivity index (χ1n) is 7.17. The van der Waals surface area contributed by atoms with E-state index in [-0.39, 0.29) is 5.84 Å². The molecule has 104 valence electrons. The van der Waals surface area contributed by atoms with E-state index in [0.29, 0.717) is 6.04 Å². The molecule has 2 heterocycles. The van der Waals surface area contributed by atoms with Crippen LogP contribution >= 0.6 is 0 Å². The highest BCUT2D eigenvalue weighted by Gasteiger charge is 2.21. The van der Waals surface area contributed by atoms with Crippen molar-refractivity contribution in [1.82, 2.24) is 4.98 Å². The number of nitrogens with two attached hydrogens (primary N) is 1. The third-order valence-corrected chi connectivity index (χ3v) is 4.09. The topological polar surface area (TPSA) is 66.0 Å². The fraction of sp³-hybridized carbons (Fsp3) is 0.375. The third kappa shape index (κ3) is 2.22. The zero-order chi connectivity index (χ0) is 14.1. The molecule has 1 unspecified atom stereocenters. The van der Waals surface area contributed by atoms with Crippen LogP contribution in [-0.4, -0.2) is 23.4 Å². The minimum atomic E-state index is 0.106. The Morgan fingerprint density at radius 1 is 1.35 bits per heavy atom. The van der Waals surface area contributed by atoms with Gasteiger partial charge in [-0.1, -0.05) is 18.2 Å². The van der Waals surface area contributed by atoms with Gasteiger partial charge >= 0.3 is 0 Å². The van der Waals surface area contributed by atoms with Gasteiger partial charge in [0, 0.05) is 23.5 Å². The van der Waals surface area contributed by atoms with Crippen LogP contribution in [0.15, 0.2) is 30.3 Å². The van der Waals surface area contributed by atoms with Crippen LogP contribution in [0.2, 0.25) is 0 Å². The normalized spacial score (nSPS) is 19.2. The number of aromatic nitrogens is 1. The Hall–Kier alpha value is -2.10. The number of nitrogen functional groups attached to an aromatic ring is 1. The summed E-state index contributed by atoms with van der Waals surface area (Å²) in [6.45, 7) is 3.27. The maximum atomic E-state index is 7.81. The summed E-state index contributed by atoms with van der Waals surface area (Å²) in [6.07, 6.45) is 3.68. The van der Waals surface area contributed by atoms with Crippen molar-refractivity contribution in [2.75, 3.05) is 11.4 Å². The number of pyridine rings is 1. The lowest BCUT2D eigenvalue weighted by molar-refractivity contribution is 0.481. The number of para-hydroxylation sites is 1. The first-order valence-corrected chi connectivity index (χ1v) is 7.17. The monoisotopic (exact) mass is 268 g/mol. The van der Waals surface area contributed by atoms with Gasteiger partial charge in [0.25, 0.3) is 0 Å². The van der Waals surface area contributed by atoms with Gasteiger partial charge in [-0.05, 0) is 38.3 Å². The number of fused-ring (bicyclic) bond motifs is 1. The fourth-order valence-electron chi connectivity index (χ4n) is 2.97. The third-order valence-electron chi connectivity index (χ3n) is 4.09. The van der Waals surface area contributed by atoms with Crippen molar-refractivity contribution in [3.63, 3.8) is 0 Å². The van der Waals surface area contributed by atoms with E-state index in [0.717, 1.165) is 28.8 Å². The van der Waals surface area contributed by atoms with Gasteiger partial charge in [0.2, 0.25) is 0 Å². The second-order valence-corrected chi connectivity index (χ2v) is 5.50. The minimum absolute atomic E-state index is 0.106. The zero-order valence-corrected chi connectivity index (χ0v) is 11.8. The minimum Gasteiger partial charge on any atom is -0.384 e. The van der Waals surface area contributed by atoms with E-state index < -0.39 is 0 Å². The van der Waals surface area contributed by atoms with Crippen LogP contribution < -0.4 is 10.6 Å². The average molecular weight is 268 g/mol. The average Bonchev–Trinajstić information content (AvgIpc) is 2.46. The van der Waals surface area contributed by atoms with Gasteiger partial charge < -0.3 is 10.6 Å². The molecule has 0 amide bonds. The smallest absolute Gasteiger partial charge is 0.130 e. The van der Waals surface area contributed by atoms with E-state index in [1.807, 2.05) is 30.3 Å². The van der Waals surface area contributed by atoms with Crippen LogP contribution in [0.1, 0.15) is 31.7 Å². The van der Waals surface area contributed by atoms with Crippen molar-refractivity contribution in [3.05, 3.63) is 35.9 Å². The van der Waals surface area contributed by atoms with Crippen LogP contribution in [0.4, 0.5) is 5.82 Å². The molecule has 0 radical (unpaired) electrons. The molecule has 0 aliphatic carbocycles. The summed E-state index contributed by atoms with van der Waals surface area (Å²) in [6, 6.07) is 10.4. The molecule has 1 aliphatic heterocycles. The lowest BCUT2D eigenvalue weighted by atomic mass is 10.0. The summed E-state index contributed by atoms with van der Waals surface area (Å²) in [7, 11) is 0. The number of nitrogens with zero attached hydrogens (tertiary/aromatic N) is 2. The molecule has 0 bridgehead atoms. The Kier molecular flexibility index (Phi) is 3.30. The molecule has 1 fully saturated rings. The van der Waals surface area contributed by atoms with Crippen LogP contribution in [0.3, 0.4) is 0 Å². The standard InChI is InChI=1S/C16H20N4/c1-11-6-4-5-9-20(11)15-10-13(16(17)18)12-7-2-3-8-14(12)19-15/h2-3,7-8,10-11H,4-6,9H2,1H3,(H3,17,18). The van der Waals surface area contributed by atoms with Crippen molar-refractivity contribution in [2.45, 2.75) is 32.2 Å². The van der Waals surface area contributed by atoms with Gasteiger partial charge in [0.15, 0.2) is 0 Å². The molecule has 3 N–H and O–H groups in total. The molecule has 4 heteroatoms. The second-order valence-electron chi connectivity index (χ2n) is 5.50. The van der Waals surface area contributed by atoms with Gasteiger partial charge in [0.1, 0.15) is 11.7 Å². The maximum Gasteiger partial charge on any atom is 0.130 e. The lowest BCUT2D eigenvalue weighted by Crippen LogP contribution is -2.38. The van der Waals surface area contributed by atoms with E-state index in [2.05, 4.69) is 11.8 Å². The van der Waals surface area contributed by atoms with Crippen molar-refractivity contribution in [2.24, 2.45) is 5.73 Å². The van der Waals surface area contributed by atoms with Crippen LogP contribution in [0.25, 0.3) is 10.9 Å². The predicted octanol–water partition coefficient (Wildman–Crippen LogP) is 2.90. The molecule has 20 heavy (non-hydrogen) atoms. The Morgan fingerprint density at radius 3 is 2.90 bits per heavy atom. The molecule has 4 nitrogen and oxygen atoms in total. The van der Waals surface area contributed by atoms with E-state index >= 15 is 0 Å². The van der Waals surface area contributed by atoms with Gasteiger partial charge in [-0.25, -0.2) is 4.98 Å². The van der Waals surface area contributed by atoms with E-state index in [1.165, 1.54) is 19.3 Å². The molecular weight excluding hydrogens is 248 g/mol.